The van der Waals surface area contributed by atoms with Crippen molar-refractivity contribution in [1.29, 1.82) is 0 Å². The summed E-state index contributed by atoms with van der Waals surface area (Å²) in [6.45, 7) is 5.93. The minimum Gasteiger partial charge on any atom is -0.396 e. The highest BCUT2D eigenvalue weighted by molar-refractivity contribution is 5.58. The topological polar surface area (TPSA) is 30.0 Å². The fraction of sp³-hybridized carbons (Fsp3) is 0.684. The summed E-state index contributed by atoms with van der Waals surface area (Å²) in [5.74, 6) is 0. The van der Waals surface area contributed by atoms with E-state index in [9.17, 15) is 0 Å². The zero-order valence-electron chi connectivity index (χ0n) is 14.7. The Bertz CT molecular complexity index is 511. The molecule has 0 aromatic heterocycles. The summed E-state index contributed by atoms with van der Waals surface area (Å²) >= 11 is 0. The Balaban J connectivity index is 1.49. The fourth-order valence-electron chi connectivity index (χ4n) is 4.00. The number of fused-ring (bicyclic) bond motifs is 1. The van der Waals surface area contributed by atoms with Crippen LogP contribution >= 0.6 is 0 Å². The van der Waals surface area contributed by atoms with Crippen LogP contribution in [0.4, 0.5) is 5.69 Å². The van der Waals surface area contributed by atoms with Crippen LogP contribution < -0.4 is 4.90 Å². The Labute approximate surface area is 140 Å². The standard InChI is InChI=1S/C19H31N3O/c1-20(9-3-13-23)18-7-11-22(12-8-18)15-16-4-5-19-17(14-16)6-10-21(19)2/h4-5,14,18,23H,3,6-13,15H2,1-2H3. The van der Waals surface area contributed by atoms with Crippen LogP contribution in [0.1, 0.15) is 30.4 Å². The van der Waals surface area contributed by atoms with E-state index in [4.69, 9.17) is 5.11 Å². The summed E-state index contributed by atoms with van der Waals surface area (Å²) in [5, 5.41) is 8.96. The van der Waals surface area contributed by atoms with Crippen molar-refractivity contribution in [3.05, 3.63) is 29.3 Å². The van der Waals surface area contributed by atoms with Crippen molar-refractivity contribution in [1.82, 2.24) is 9.80 Å². The molecule has 2 aliphatic rings. The molecule has 0 bridgehead atoms. The second-order valence-electron chi connectivity index (χ2n) is 7.20. The van der Waals surface area contributed by atoms with Gasteiger partial charge >= 0.3 is 0 Å². The molecule has 1 aromatic rings. The van der Waals surface area contributed by atoms with Crippen molar-refractivity contribution in [3.63, 3.8) is 0 Å². The van der Waals surface area contributed by atoms with Crippen LogP contribution in [0.15, 0.2) is 18.2 Å². The SMILES string of the molecule is CN1CCc2cc(CN3CCC(N(C)CCCO)CC3)ccc21. The van der Waals surface area contributed by atoms with Gasteiger partial charge in [0, 0.05) is 45.0 Å². The van der Waals surface area contributed by atoms with Gasteiger partial charge in [-0.1, -0.05) is 12.1 Å². The van der Waals surface area contributed by atoms with E-state index in [1.165, 1.54) is 49.2 Å². The van der Waals surface area contributed by atoms with E-state index in [-0.39, 0.29) is 0 Å². The number of piperidine rings is 1. The van der Waals surface area contributed by atoms with Crippen molar-refractivity contribution in [2.45, 2.75) is 38.3 Å². The number of rotatable bonds is 6. The largest absolute Gasteiger partial charge is 0.396 e. The lowest BCUT2D eigenvalue weighted by Gasteiger charge is -2.36. The third-order valence-corrected chi connectivity index (χ3v) is 5.53. The van der Waals surface area contributed by atoms with Crippen LogP contribution in [0.25, 0.3) is 0 Å². The van der Waals surface area contributed by atoms with Gasteiger partial charge in [-0.15, -0.1) is 0 Å². The van der Waals surface area contributed by atoms with E-state index < -0.39 is 0 Å². The molecule has 0 saturated carbocycles. The summed E-state index contributed by atoms with van der Waals surface area (Å²) in [5.41, 5.74) is 4.40. The first kappa shape index (κ1) is 16.7. The molecule has 1 aromatic carbocycles. The maximum atomic E-state index is 8.96. The number of likely N-dealkylation sites (tertiary alicyclic amines) is 1. The number of anilines is 1. The van der Waals surface area contributed by atoms with Crippen LogP contribution in [0, 0.1) is 0 Å². The lowest BCUT2D eigenvalue weighted by molar-refractivity contribution is 0.117. The molecular weight excluding hydrogens is 286 g/mol. The highest BCUT2D eigenvalue weighted by Crippen LogP contribution is 2.28. The molecule has 3 rings (SSSR count). The van der Waals surface area contributed by atoms with Crippen LogP contribution in [0.3, 0.4) is 0 Å². The first-order valence-electron chi connectivity index (χ1n) is 9.04. The normalized spacial score (nSPS) is 19.6. The fourth-order valence-corrected chi connectivity index (χ4v) is 4.00. The van der Waals surface area contributed by atoms with Crippen LogP contribution in [0.2, 0.25) is 0 Å². The van der Waals surface area contributed by atoms with Crippen molar-refractivity contribution in [3.8, 4) is 0 Å². The van der Waals surface area contributed by atoms with Gasteiger partial charge in [0.2, 0.25) is 0 Å². The van der Waals surface area contributed by atoms with Crippen LogP contribution in [-0.4, -0.2) is 67.8 Å². The van der Waals surface area contributed by atoms with E-state index in [0.29, 0.717) is 12.6 Å². The lowest BCUT2D eigenvalue weighted by Crippen LogP contribution is -2.43. The van der Waals surface area contributed by atoms with E-state index >= 15 is 0 Å². The minimum atomic E-state index is 0.302. The summed E-state index contributed by atoms with van der Waals surface area (Å²) in [7, 11) is 4.39. The third-order valence-electron chi connectivity index (χ3n) is 5.53. The molecule has 0 unspecified atom stereocenters. The van der Waals surface area contributed by atoms with E-state index in [0.717, 1.165) is 26.1 Å². The van der Waals surface area contributed by atoms with Gasteiger partial charge in [0.1, 0.15) is 0 Å². The van der Waals surface area contributed by atoms with Gasteiger partial charge in [-0.3, -0.25) is 4.90 Å². The third kappa shape index (κ3) is 4.06. The van der Waals surface area contributed by atoms with E-state index in [1.807, 2.05) is 0 Å². The van der Waals surface area contributed by atoms with Crippen molar-refractivity contribution in [2.24, 2.45) is 0 Å². The second-order valence-corrected chi connectivity index (χ2v) is 7.20. The zero-order valence-corrected chi connectivity index (χ0v) is 14.7. The Morgan fingerprint density at radius 1 is 1.22 bits per heavy atom. The van der Waals surface area contributed by atoms with Gasteiger partial charge in [0.15, 0.2) is 0 Å². The highest BCUT2D eigenvalue weighted by atomic mass is 16.3. The number of hydrogen-bond acceptors (Lipinski definition) is 4. The molecule has 2 heterocycles. The monoisotopic (exact) mass is 317 g/mol. The number of aliphatic hydroxyl groups is 1. The Hall–Kier alpha value is -1.10. The van der Waals surface area contributed by atoms with Gasteiger partial charge in [0.25, 0.3) is 0 Å². The van der Waals surface area contributed by atoms with Crippen LogP contribution in [0.5, 0.6) is 0 Å². The first-order valence-corrected chi connectivity index (χ1v) is 9.04. The number of aliphatic hydroxyl groups excluding tert-OH is 1. The smallest absolute Gasteiger partial charge is 0.0443 e. The molecule has 128 valence electrons. The van der Waals surface area contributed by atoms with Gasteiger partial charge in [0.05, 0.1) is 0 Å². The molecule has 2 aliphatic heterocycles. The van der Waals surface area contributed by atoms with Gasteiger partial charge in [-0.05, 0) is 63.0 Å². The molecule has 0 atom stereocenters. The molecule has 0 radical (unpaired) electrons. The molecule has 0 aliphatic carbocycles. The predicted molar refractivity (Wildman–Crippen MR) is 96.0 cm³/mol. The Morgan fingerprint density at radius 3 is 2.74 bits per heavy atom. The number of hydrogen-bond donors (Lipinski definition) is 1. The molecule has 0 amide bonds. The quantitative estimate of drug-likeness (QED) is 0.869. The Morgan fingerprint density at radius 2 is 2.00 bits per heavy atom. The number of benzene rings is 1. The first-order chi connectivity index (χ1) is 11.2. The van der Waals surface area contributed by atoms with Gasteiger partial charge in [-0.2, -0.15) is 0 Å². The minimum absolute atomic E-state index is 0.302. The summed E-state index contributed by atoms with van der Waals surface area (Å²) in [6, 6.07) is 7.71. The van der Waals surface area contributed by atoms with Crippen molar-refractivity contribution in [2.75, 3.05) is 51.8 Å². The number of likely N-dealkylation sites (N-methyl/N-ethyl adjacent to an activating group) is 1. The molecule has 4 nitrogen and oxygen atoms in total. The van der Waals surface area contributed by atoms with Gasteiger partial charge < -0.3 is 14.9 Å². The molecule has 23 heavy (non-hydrogen) atoms. The maximum Gasteiger partial charge on any atom is 0.0443 e. The number of nitrogens with zero attached hydrogens (tertiary/aromatic N) is 3. The van der Waals surface area contributed by atoms with Crippen LogP contribution in [-0.2, 0) is 13.0 Å². The van der Waals surface area contributed by atoms with E-state index in [2.05, 4.69) is 47.0 Å². The molecule has 1 N–H and O–H groups in total. The Kier molecular flexibility index (Phi) is 5.57. The lowest BCUT2D eigenvalue weighted by atomic mass is 10.0. The van der Waals surface area contributed by atoms with E-state index in [1.54, 1.807) is 0 Å². The maximum absolute atomic E-state index is 8.96. The van der Waals surface area contributed by atoms with Crippen molar-refractivity contribution < 1.29 is 5.11 Å². The van der Waals surface area contributed by atoms with Crippen molar-refractivity contribution >= 4 is 5.69 Å². The molecule has 1 saturated heterocycles. The summed E-state index contributed by atoms with van der Waals surface area (Å²) in [6.07, 6.45) is 4.57. The molecular formula is C19H31N3O. The second kappa shape index (κ2) is 7.65. The van der Waals surface area contributed by atoms with Gasteiger partial charge in [-0.25, -0.2) is 0 Å². The molecule has 4 heteroatoms. The zero-order chi connectivity index (χ0) is 16.2. The highest BCUT2D eigenvalue weighted by Gasteiger charge is 2.22. The average molecular weight is 317 g/mol. The summed E-state index contributed by atoms with van der Waals surface area (Å²) in [4.78, 5) is 7.38. The summed E-state index contributed by atoms with van der Waals surface area (Å²) < 4.78 is 0. The predicted octanol–water partition coefficient (Wildman–Crippen LogP) is 1.96. The molecule has 0 spiro atoms. The molecule has 1 fully saturated rings. The average Bonchev–Trinajstić information content (AvgIpc) is 2.94.